The molecule has 3 nitrogen and oxygen atoms in total. The van der Waals surface area contributed by atoms with Gasteiger partial charge < -0.3 is 14.6 Å². The number of aryl methyl sites for hydroxylation is 1. The summed E-state index contributed by atoms with van der Waals surface area (Å²) in [4.78, 5) is 0. The van der Waals surface area contributed by atoms with E-state index in [0.717, 1.165) is 49.7 Å². The normalized spacial score (nSPS) is 36.3. The van der Waals surface area contributed by atoms with Crippen molar-refractivity contribution in [2.24, 2.45) is 17.3 Å². The molecule has 138 valence electrons. The third-order valence-corrected chi connectivity index (χ3v) is 7.42. The van der Waals surface area contributed by atoms with Gasteiger partial charge in [0.15, 0.2) is 11.5 Å². The smallest absolute Gasteiger partial charge is 0.161 e. The second kappa shape index (κ2) is 6.50. The fourth-order valence-electron chi connectivity index (χ4n) is 6.03. The summed E-state index contributed by atoms with van der Waals surface area (Å²) in [5.41, 5.74) is 3.09. The summed E-state index contributed by atoms with van der Waals surface area (Å²) in [5, 5.41) is 10.5. The van der Waals surface area contributed by atoms with Crippen LogP contribution in [-0.2, 0) is 6.42 Å². The average Bonchev–Trinajstić information content (AvgIpc) is 2.94. The number of aliphatic hydroxyl groups excluding tert-OH is 1. The lowest BCUT2D eigenvalue weighted by molar-refractivity contribution is -0.0226. The predicted molar refractivity (Wildman–Crippen MR) is 99.4 cm³/mol. The van der Waals surface area contributed by atoms with Crippen molar-refractivity contribution < 1.29 is 14.6 Å². The standard InChI is InChI=1S/C22H32O3/c1-4-11-25-20-12-14-5-6-16-15(17(14)13-19(20)24-3)9-10-22(2)18(16)7-8-21(22)23/h12-13,15-16,18,21,23H,4-11H2,1-3H3/t15-,16+,18-,21-,22-/m0/s1. The number of aliphatic hydroxyl groups is 1. The Balaban J connectivity index is 1.66. The summed E-state index contributed by atoms with van der Waals surface area (Å²) in [5.74, 6) is 3.80. The largest absolute Gasteiger partial charge is 0.493 e. The van der Waals surface area contributed by atoms with Crippen LogP contribution in [0.25, 0.3) is 0 Å². The minimum Gasteiger partial charge on any atom is -0.493 e. The molecule has 3 heteroatoms. The highest BCUT2D eigenvalue weighted by Gasteiger charge is 2.54. The first-order chi connectivity index (χ1) is 12.1. The summed E-state index contributed by atoms with van der Waals surface area (Å²) < 4.78 is 11.6. The predicted octanol–water partition coefficient (Wildman–Crippen LogP) is 4.70. The van der Waals surface area contributed by atoms with Gasteiger partial charge >= 0.3 is 0 Å². The van der Waals surface area contributed by atoms with Gasteiger partial charge in [-0.25, -0.2) is 0 Å². The minimum absolute atomic E-state index is 0.0980. The Labute approximate surface area is 151 Å². The second-order valence-electron chi connectivity index (χ2n) is 8.60. The maximum Gasteiger partial charge on any atom is 0.161 e. The minimum atomic E-state index is -0.0980. The van der Waals surface area contributed by atoms with Gasteiger partial charge in [-0.15, -0.1) is 0 Å². The van der Waals surface area contributed by atoms with Gasteiger partial charge in [-0.2, -0.15) is 0 Å². The highest BCUT2D eigenvalue weighted by molar-refractivity contribution is 5.50. The molecule has 5 atom stereocenters. The topological polar surface area (TPSA) is 38.7 Å². The molecule has 1 N–H and O–H groups in total. The quantitative estimate of drug-likeness (QED) is 0.860. The molecule has 1 aromatic rings. The fraction of sp³-hybridized carbons (Fsp3) is 0.727. The van der Waals surface area contributed by atoms with Gasteiger partial charge in [0.05, 0.1) is 19.8 Å². The molecule has 0 heterocycles. The number of rotatable bonds is 4. The molecular weight excluding hydrogens is 312 g/mol. The Morgan fingerprint density at radius 2 is 2.00 bits per heavy atom. The lowest BCUT2D eigenvalue weighted by atomic mass is 9.55. The van der Waals surface area contributed by atoms with Gasteiger partial charge in [-0.05, 0) is 91.4 Å². The number of ether oxygens (including phenoxy) is 2. The van der Waals surface area contributed by atoms with E-state index in [4.69, 9.17) is 9.47 Å². The number of fused-ring (bicyclic) bond motifs is 5. The molecule has 3 aliphatic carbocycles. The SMILES string of the molecule is CCCOc1cc2c(cc1OC)[C@H]1CC[C@]3(C)[C@@H](O)CC[C@H]3[C@@H]1CC2. The molecule has 0 saturated heterocycles. The van der Waals surface area contributed by atoms with Crippen molar-refractivity contribution >= 4 is 0 Å². The summed E-state index contributed by atoms with van der Waals surface area (Å²) in [6.45, 7) is 5.20. The molecule has 0 unspecified atom stereocenters. The fourth-order valence-corrected chi connectivity index (χ4v) is 6.03. The molecule has 25 heavy (non-hydrogen) atoms. The number of methoxy groups -OCH3 is 1. The first kappa shape index (κ1) is 17.2. The van der Waals surface area contributed by atoms with Crippen LogP contribution in [0.15, 0.2) is 12.1 Å². The van der Waals surface area contributed by atoms with Crippen LogP contribution in [0.5, 0.6) is 11.5 Å². The van der Waals surface area contributed by atoms with E-state index < -0.39 is 0 Å². The molecule has 2 saturated carbocycles. The monoisotopic (exact) mass is 344 g/mol. The van der Waals surface area contributed by atoms with Gasteiger partial charge in [0.1, 0.15) is 0 Å². The van der Waals surface area contributed by atoms with Crippen molar-refractivity contribution in [3.63, 3.8) is 0 Å². The summed E-state index contributed by atoms with van der Waals surface area (Å²) in [6.07, 6.45) is 7.83. The molecule has 0 radical (unpaired) electrons. The van der Waals surface area contributed by atoms with Crippen LogP contribution in [0, 0.1) is 17.3 Å². The van der Waals surface area contributed by atoms with E-state index in [1.54, 1.807) is 7.11 Å². The summed E-state index contributed by atoms with van der Waals surface area (Å²) in [6, 6.07) is 4.49. The van der Waals surface area contributed by atoms with Crippen molar-refractivity contribution in [2.75, 3.05) is 13.7 Å². The van der Waals surface area contributed by atoms with Gasteiger partial charge in [0.2, 0.25) is 0 Å². The zero-order chi connectivity index (χ0) is 17.6. The molecule has 0 bridgehead atoms. The Hall–Kier alpha value is -1.22. The Kier molecular flexibility index (Phi) is 4.47. The van der Waals surface area contributed by atoms with E-state index in [0.29, 0.717) is 11.8 Å². The van der Waals surface area contributed by atoms with Crippen molar-refractivity contribution in [1.29, 1.82) is 0 Å². The molecule has 0 aromatic heterocycles. The Morgan fingerprint density at radius 3 is 2.76 bits per heavy atom. The van der Waals surface area contributed by atoms with Gasteiger partial charge in [0, 0.05) is 0 Å². The number of hydrogen-bond donors (Lipinski definition) is 1. The van der Waals surface area contributed by atoms with Crippen LogP contribution in [0.1, 0.15) is 69.4 Å². The van der Waals surface area contributed by atoms with Crippen molar-refractivity contribution in [1.82, 2.24) is 0 Å². The lowest BCUT2D eigenvalue weighted by Gasteiger charge is -2.50. The van der Waals surface area contributed by atoms with Gasteiger partial charge in [-0.1, -0.05) is 13.8 Å². The summed E-state index contributed by atoms with van der Waals surface area (Å²) in [7, 11) is 1.74. The molecule has 0 aliphatic heterocycles. The van der Waals surface area contributed by atoms with Crippen LogP contribution in [-0.4, -0.2) is 24.9 Å². The van der Waals surface area contributed by atoms with Crippen LogP contribution in [0.3, 0.4) is 0 Å². The van der Waals surface area contributed by atoms with Crippen LogP contribution in [0.2, 0.25) is 0 Å². The van der Waals surface area contributed by atoms with Crippen molar-refractivity contribution in [3.8, 4) is 11.5 Å². The van der Waals surface area contributed by atoms with Crippen LogP contribution >= 0.6 is 0 Å². The average molecular weight is 344 g/mol. The molecule has 3 aliphatic rings. The summed E-state index contributed by atoms with van der Waals surface area (Å²) >= 11 is 0. The zero-order valence-corrected chi connectivity index (χ0v) is 15.9. The van der Waals surface area contributed by atoms with E-state index >= 15 is 0 Å². The van der Waals surface area contributed by atoms with Gasteiger partial charge in [-0.3, -0.25) is 0 Å². The van der Waals surface area contributed by atoms with E-state index in [1.807, 2.05) is 0 Å². The molecule has 1 aromatic carbocycles. The van der Waals surface area contributed by atoms with Crippen molar-refractivity contribution in [2.45, 2.75) is 70.8 Å². The molecule has 4 rings (SSSR count). The Bertz CT molecular complexity index is 640. The lowest BCUT2D eigenvalue weighted by Crippen LogP contribution is -2.43. The molecular formula is C22H32O3. The second-order valence-corrected chi connectivity index (χ2v) is 8.60. The van der Waals surface area contributed by atoms with Crippen LogP contribution < -0.4 is 9.47 Å². The first-order valence-corrected chi connectivity index (χ1v) is 10.1. The van der Waals surface area contributed by atoms with E-state index in [2.05, 4.69) is 26.0 Å². The third-order valence-electron chi connectivity index (χ3n) is 7.42. The molecule has 0 amide bonds. The van der Waals surface area contributed by atoms with E-state index in [-0.39, 0.29) is 11.5 Å². The number of benzene rings is 1. The highest BCUT2D eigenvalue weighted by atomic mass is 16.5. The molecule has 0 spiro atoms. The van der Waals surface area contributed by atoms with Crippen LogP contribution in [0.4, 0.5) is 0 Å². The highest BCUT2D eigenvalue weighted by Crippen LogP contribution is 2.61. The van der Waals surface area contributed by atoms with Crippen molar-refractivity contribution in [3.05, 3.63) is 23.3 Å². The van der Waals surface area contributed by atoms with E-state index in [1.165, 1.54) is 30.4 Å². The number of hydrogen-bond acceptors (Lipinski definition) is 3. The first-order valence-electron chi connectivity index (χ1n) is 10.1. The van der Waals surface area contributed by atoms with Gasteiger partial charge in [0.25, 0.3) is 0 Å². The molecule has 2 fully saturated rings. The Morgan fingerprint density at radius 1 is 1.16 bits per heavy atom. The maximum absolute atomic E-state index is 10.5. The zero-order valence-electron chi connectivity index (χ0n) is 15.9. The third kappa shape index (κ3) is 2.66. The van der Waals surface area contributed by atoms with E-state index in [9.17, 15) is 5.11 Å². The maximum atomic E-state index is 10.5.